The fraction of sp³-hybridized carbons (Fsp3) is 0.364. The summed E-state index contributed by atoms with van der Waals surface area (Å²) in [4.78, 5) is 11.0. The van der Waals surface area contributed by atoms with Crippen molar-refractivity contribution < 1.29 is 9.90 Å². The minimum absolute atomic E-state index is 0.111. The number of hydrogen-bond acceptors (Lipinski definition) is 2. The maximum atomic E-state index is 11.0. The number of benzene rings is 1. The van der Waals surface area contributed by atoms with Gasteiger partial charge in [0.05, 0.1) is 0 Å². The van der Waals surface area contributed by atoms with E-state index in [2.05, 4.69) is 0 Å². The van der Waals surface area contributed by atoms with Crippen molar-refractivity contribution in [2.24, 2.45) is 0 Å². The SMILES string of the molecule is CC(CCl)(SCc1ccccc1)C(=O)O. The molecule has 82 valence electrons. The van der Waals surface area contributed by atoms with Crippen LogP contribution in [0.5, 0.6) is 0 Å². The number of halogens is 1. The molecule has 0 amide bonds. The molecule has 2 nitrogen and oxygen atoms in total. The van der Waals surface area contributed by atoms with Gasteiger partial charge in [-0.15, -0.1) is 23.4 Å². The van der Waals surface area contributed by atoms with Crippen LogP contribution in [0.3, 0.4) is 0 Å². The fourth-order valence-electron chi connectivity index (χ4n) is 0.974. The Balaban J connectivity index is 2.59. The van der Waals surface area contributed by atoms with E-state index in [0.29, 0.717) is 5.75 Å². The van der Waals surface area contributed by atoms with Crippen LogP contribution in [0.15, 0.2) is 30.3 Å². The second-order valence-electron chi connectivity index (χ2n) is 3.44. The van der Waals surface area contributed by atoms with Gasteiger partial charge in [0, 0.05) is 11.6 Å². The summed E-state index contributed by atoms with van der Waals surface area (Å²) in [6.45, 7) is 1.65. The lowest BCUT2D eigenvalue weighted by Gasteiger charge is -2.20. The van der Waals surface area contributed by atoms with Gasteiger partial charge >= 0.3 is 5.97 Å². The summed E-state index contributed by atoms with van der Waals surface area (Å²) in [5.41, 5.74) is 1.11. The summed E-state index contributed by atoms with van der Waals surface area (Å²) in [6.07, 6.45) is 0. The van der Waals surface area contributed by atoms with Gasteiger partial charge in [0.2, 0.25) is 0 Å². The third kappa shape index (κ3) is 3.43. The molecule has 0 aliphatic carbocycles. The van der Waals surface area contributed by atoms with Crippen molar-refractivity contribution in [1.82, 2.24) is 0 Å². The largest absolute Gasteiger partial charge is 0.480 e. The van der Waals surface area contributed by atoms with Crippen molar-refractivity contribution in [3.63, 3.8) is 0 Å². The lowest BCUT2D eigenvalue weighted by molar-refractivity contribution is -0.138. The highest BCUT2D eigenvalue weighted by atomic mass is 35.5. The molecule has 0 heterocycles. The van der Waals surface area contributed by atoms with E-state index in [0.717, 1.165) is 5.56 Å². The van der Waals surface area contributed by atoms with Gasteiger partial charge in [-0.3, -0.25) is 4.79 Å². The van der Waals surface area contributed by atoms with Crippen LogP contribution in [0, 0.1) is 0 Å². The average molecular weight is 245 g/mol. The van der Waals surface area contributed by atoms with Crippen LogP contribution in [0.25, 0.3) is 0 Å². The van der Waals surface area contributed by atoms with Gasteiger partial charge in [0.1, 0.15) is 4.75 Å². The first-order chi connectivity index (χ1) is 7.08. The third-order valence-electron chi connectivity index (χ3n) is 2.11. The summed E-state index contributed by atoms with van der Waals surface area (Å²) in [5.74, 6) is -0.0886. The summed E-state index contributed by atoms with van der Waals surface area (Å²) in [6, 6.07) is 9.77. The zero-order valence-corrected chi connectivity index (χ0v) is 10.0. The molecular formula is C11H13ClO2S. The molecule has 4 heteroatoms. The maximum absolute atomic E-state index is 11.0. The van der Waals surface area contributed by atoms with Crippen LogP contribution < -0.4 is 0 Å². The molecule has 0 aromatic heterocycles. The average Bonchev–Trinajstić information content (AvgIpc) is 2.27. The Hall–Kier alpha value is -0.670. The number of thioether (sulfide) groups is 1. The first kappa shape index (κ1) is 12.4. The molecule has 0 aliphatic heterocycles. The topological polar surface area (TPSA) is 37.3 Å². The molecule has 0 radical (unpaired) electrons. The Morgan fingerprint density at radius 2 is 2.07 bits per heavy atom. The van der Waals surface area contributed by atoms with Gasteiger partial charge in [-0.1, -0.05) is 30.3 Å². The van der Waals surface area contributed by atoms with Gasteiger partial charge in [-0.05, 0) is 12.5 Å². The van der Waals surface area contributed by atoms with Crippen molar-refractivity contribution in [1.29, 1.82) is 0 Å². The van der Waals surface area contributed by atoms with Gasteiger partial charge in [-0.25, -0.2) is 0 Å². The zero-order chi connectivity index (χ0) is 11.3. The zero-order valence-electron chi connectivity index (χ0n) is 8.44. The summed E-state index contributed by atoms with van der Waals surface area (Å²) in [5, 5.41) is 9.01. The number of rotatable bonds is 5. The monoisotopic (exact) mass is 244 g/mol. The van der Waals surface area contributed by atoms with Gasteiger partial charge in [-0.2, -0.15) is 0 Å². The molecule has 0 saturated heterocycles. The minimum Gasteiger partial charge on any atom is -0.480 e. The molecule has 0 fully saturated rings. The lowest BCUT2D eigenvalue weighted by Crippen LogP contribution is -2.33. The highest BCUT2D eigenvalue weighted by Crippen LogP contribution is 2.29. The third-order valence-corrected chi connectivity index (χ3v) is 4.23. The van der Waals surface area contributed by atoms with Crippen LogP contribution in [0.2, 0.25) is 0 Å². The number of alkyl halides is 1. The smallest absolute Gasteiger partial charge is 0.320 e. The summed E-state index contributed by atoms with van der Waals surface area (Å²) < 4.78 is -0.905. The van der Waals surface area contributed by atoms with Crippen molar-refractivity contribution in [2.75, 3.05) is 5.88 Å². The molecule has 1 atom stereocenters. The van der Waals surface area contributed by atoms with E-state index in [1.165, 1.54) is 11.8 Å². The minimum atomic E-state index is -0.905. The molecule has 0 aliphatic rings. The number of aliphatic carboxylic acids is 1. The Morgan fingerprint density at radius 1 is 1.47 bits per heavy atom. The molecule has 1 aromatic rings. The van der Waals surface area contributed by atoms with Crippen molar-refractivity contribution in [3.8, 4) is 0 Å². The van der Waals surface area contributed by atoms with E-state index in [-0.39, 0.29) is 5.88 Å². The highest BCUT2D eigenvalue weighted by molar-refractivity contribution is 8.00. The molecule has 1 unspecified atom stereocenters. The summed E-state index contributed by atoms with van der Waals surface area (Å²) in [7, 11) is 0. The maximum Gasteiger partial charge on any atom is 0.320 e. The predicted molar refractivity (Wildman–Crippen MR) is 64.5 cm³/mol. The van der Waals surface area contributed by atoms with Crippen molar-refractivity contribution in [2.45, 2.75) is 17.4 Å². The van der Waals surface area contributed by atoms with Crippen molar-refractivity contribution in [3.05, 3.63) is 35.9 Å². The molecule has 0 saturated carbocycles. The van der Waals surface area contributed by atoms with E-state index in [1.54, 1.807) is 6.92 Å². The van der Waals surface area contributed by atoms with E-state index in [1.807, 2.05) is 30.3 Å². The first-order valence-electron chi connectivity index (χ1n) is 4.56. The normalized spacial score (nSPS) is 14.5. The Kier molecular flexibility index (Phi) is 4.48. The van der Waals surface area contributed by atoms with E-state index in [4.69, 9.17) is 16.7 Å². The Labute approximate surface area is 98.6 Å². The lowest BCUT2D eigenvalue weighted by atomic mass is 10.2. The number of hydrogen-bond donors (Lipinski definition) is 1. The van der Waals surface area contributed by atoms with Gasteiger partial charge in [0.25, 0.3) is 0 Å². The van der Waals surface area contributed by atoms with Crippen LogP contribution in [0.1, 0.15) is 12.5 Å². The van der Waals surface area contributed by atoms with Crippen LogP contribution in [-0.2, 0) is 10.5 Å². The Morgan fingerprint density at radius 3 is 2.53 bits per heavy atom. The molecular weight excluding hydrogens is 232 g/mol. The second kappa shape index (κ2) is 5.42. The number of carbonyl (C=O) groups is 1. The number of carboxylic acid groups (broad SMARTS) is 1. The highest BCUT2D eigenvalue weighted by Gasteiger charge is 2.32. The first-order valence-corrected chi connectivity index (χ1v) is 6.08. The van der Waals surface area contributed by atoms with E-state index in [9.17, 15) is 4.79 Å². The van der Waals surface area contributed by atoms with Crippen LogP contribution in [-0.4, -0.2) is 21.7 Å². The Bertz CT molecular complexity index is 329. The van der Waals surface area contributed by atoms with E-state index < -0.39 is 10.7 Å². The van der Waals surface area contributed by atoms with Gasteiger partial charge in [0.15, 0.2) is 0 Å². The quantitative estimate of drug-likeness (QED) is 0.809. The molecule has 15 heavy (non-hydrogen) atoms. The standard InChI is InChI=1S/C11H13ClO2S/c1-11(8-12,10(13)14)15-7-9-5-3-2-4-6-9/h2-6H,7-8H2,1H3,(H,13,14). The predicted octanol–water partition coefficient (Wildman–Crippen LogP) is 3.00. The van der Waals surface area contributed by atoms with Crippen LogP contribution in [0.4, 0.5) is 0 Å². The number of carboxylic acids is 1. The molecule has 0 bridgehead atoms. The molecule has 1 N–H and O–H groups in total. The van der Waals surface area contributed by atoms with E-state index >= 15 is 0 Å². The van der Waals surface area contributed by atoms with Crippen molar-refractivity contribution >= 4 is 29.3 Å². The summed E-state index contributed by atoms with van der Waals surface area (Å²) >= 11 is 7.02. The fourth-order valence-corrected chi connectivity index (χ4v) is 2.20. The molecule has 1 rings (SSSR count). The second-order valence-corrected chi connectivity index (χ2v) is 5.19. The molecule has 1 aromatic carbocycles. The van der Waals surface area contributed by atoms with Crippen LogP contribution >= 0.6 is 23.4 Å². The van der Waals surface area contributed by atoms with Gasteiger partial charge < -0.3 is 5.11 Å². The molecule has 0 spiro atoms.